The molecule has 11 heteroatoms. The van der Waals surface area contributed by atoms with Crippen molar-refractivity contribution in [2.45, 2.75) is 62.8 Å². The summed E-state index contributed by atoms with van der Waals surface area (Å²) >= 11 is 0. The van der Waals surface area contributed by atoms with E-state index in [1.165, 1.54) is 31.5 Å². The van der Waals surface area contributed by atoms with Gasteiger partial charge in [0.05, 0.1) is 37.0 Å². The average Bonchev–Trinajstić information content (AvgIpc) is 3.63. The van der Waals surface area contributed by atoms with Gasteiger partial charge in [-0.2, -0.15) is 13.2 Å². The largest absolute Gasteiger partial charge is 0.489 e. The number of rotatable bonds is 6. The number of methoxy groups -OCH3 is 1. The van der Waals surface area contributed by atoms with Crippen LogP contribution in [0.3, 0.4) is 0 Å². The summed E-state index contributed by atoms with van der Waals surface area (Å²) < 4.78 is 72.9. The van der Waals surface area contributed by atoms with E-state index < -0.39 is 29.4 Å². The molecular formula is C28H29F4N3O4. The maximum atomic E-state index is 13.7. The number of benzene rings is 1. The van der Waals surface area contributed by atoms with Crippen LogP contribution in [0.4, 0.5) is 17.6 Å². The van der Waals surface area contributed by atoms with Crippen LogP contribution in [0.2, 0.25) is 0 Å². The Bertz CT molecular complexity index is 1340. The van der Waals surface area contributed by atoms with Crippen LogP contribution in [0.5, 0.6) is 5.75 Å². The highest BCUT2D eigenvalue weighted by molar-refractivity contribution is 5.74. The van der Waals surface area contributed by atoms with Crippen molar-refractivity contribution in [2.24, 2.45) is 5.92 Å². The maximum Gasteiger partial charge on any atom is 0.450 e. The lowest BCUT2D eigenvalue weighted by Gasteiger charge is -2.33. The van der Waals surface area contributed by atoms with Crippen LogP contribution in [0.15, 0.2) is 48.8 Å². The van der Waals surface area contributed by atoms with Gasteiger partial charge in [-0.15, -0.1) is 0 Å². The van der Waals surface area contributed by atoms with Gasteiger partial charge >= 0.3 is 12.1 Å². The molecule has 1 spiro atoms. The Morgan fingerprint density at radius 3 is 2.59 bits per heavy atom. The second-order valence-electron chi connectivity index (χ2n) is 10.3. The number of alkyl halides is 3. The minimum Gasteiger partial charge on any atom is -0.489 e. The fourth-order valence-corrected chi connectivity index (χ4v) is 6.00. The topological polar surface area (TPSA) is 75.5 Å². The molecule has 1 saturated heterocycles. The summed E-state index contributed by atoms with van der Waals surface area (Å²) in [6.07, 6.45) is -1.03. The number of esters is 1. The van der Waals surface area contributed by atoms with Crippen molar-refractivity contribution in [3.05, 3.63) is 71.7 Å². The molecule has 208 valence electrons. The smallest absolute Gasteiger partial charge is 0.450 e. The lowest BCUT2D eigenvalue weighted by Crippen LogP contribution is -2.35. The predicted molar refractivity (Wildman–Crippen MR) is 132 cm³/mol. The van der Waals surface area contributed by atoms with Crippen molar-refractivity contribution in [1.82, 2.24) is 14.5 Å². The van der Waals surface area contributed by atoms with E-state index in [4.69, 9.17) is 14.2 Å². The van der Waals surface area contributed by atoms with Crippen molar-refractivity contribution in [1.29, 1.82) is 0 Å². The SMILES string of the molecule is COC(=O)[C@H]1CC[C@@]2(C[C@@H](c3nc(-n4ccnc4C(F)(F)F)ccc3OC(C)C)CO2)[C@@H]1c1ccc(F)cc1. The number of hydrogen-bond acceptors (Lipinski definition) is 6. The van der Waals surface area contributed by atoms with Crippen LogP contribution in [-0.2, 0) is 20.4 Å². The number of aromatic nitrogens is 3. The van der Waals surface area contributed by atoms with Crippen molar-refractivity contribution in [2.75, 3.05) is 13.7 Å². The molecule has 2 fully saturated rings. The molecule has 1 aliphatic heterocycles. The fourth-order valence-electron chi connectivity index (χ4n) is 6.00. The molecule has 0 unspecified atom stereocenters. The average molecular weight is 548 g/mol. The van der Waals surface area contributed by atoms with Gasteiger partial charge in [-0.1, -0.05) is 12.1 Å². The zero-order valence-corrected chi connectivity index (χ0v) is 21.7. The van der Waals surface area contributed by atoms with E-state index in [0.29, 0.717) is 30.7 Å². The molecule has 3 heterocycles. The summed E-state index contributed by atoms with van der Waals surface area (Å²) in [5.74, 6) is -2.52. The maximum absolute atomic E-state index is 13.7. The highest BCUT2D eigenvalue weighted by Crippen LogP contribution is 2.57. The summed E-state index contributed by atoms with van der Waals surface area (Å²) in [7, 11) is 1.34. The second kappa shape index (κ2) is 10.3. The third-order valence-electron chi connectivity index (χ3n) is 7.51. The number of ether oxygens (including phenoxy) is 3. The van der Waals surface area contributed by atoms with E-state index in [0.717, 1.165) is 16.3 Å². The second-order valence-corrected chi connectivity index (χ2v) is 10.3. The standard InChI is InChI=1S/C28H29F4N3O4/c1-16(2)39-21-8-9-22(35-13-12-33-26(35)28(30,31)32)34-24(21)18-14-27(38-15-18)11-10-20(25(36)37-3)23(27)17-4-6-19(29)7-5-17/h4-9,12-13,16,18,20,23H,10-11,14-15H2,1-3H3/t18-,20+,23-,27-/m1/s1. The lowest BCUT2D eigenvalue weighted by atomic mass is 9.76. The Hall–Kier alpha value is -3.47. The number of nitrogens with zero attached hydrogens (tertiary/aromatic N) is 3. The van der Waals surface area contributed by atoms with Crippen molar-refractivity contribution < 1.29 is 36.6 Å². The number of halogens is 4. The highest BCUT2D eigenvalue weighted by atomic mass is 19.4. The molecule has 7 nitrogen and oxygen atoms in total. The lowest BCUT2D eigenvalue weighted by molar-refractivity contribution is -0.147. The van der Waals surface area contributed by atoms with Gasteiger partial charge < -0.3 is 14.2 Å². The Morgan fingerprint density at radius 2 is 1.92 bits per heavy atom. The summed E-state index contributed by atoms with van der Waals surface area (Å²) in [5.41, 5.74) is 0.470. The van der Waals surface area contributed by atoms with Gasteiger partial charge in [-0.3, -0.25) is 9.36 Å². The van der Waals surface area contributed by atoms with Gasteiger partial charge in [0.25, 0.3) is 0 Å². The molecule has 1 aromatic carbocycles. The van der Waals surface area contributed by atoms with Crippen molar-refractivity contribution >= 4 is 5.97 Å². The van der Waals surface area contributed by atoms with Crippen molar-refractivity contribution in [3.63, 3.8) is 0 Å². The predicted octanol–water partition coefficient (Wildman–Crippen LogP) is 5.82. The number of carbonyl (C=O) groups is 1. The molecule has 0 radical (unpaired) electrons. The monoisotopic (exact) mass is 547 g/mol. The minimum absolute atomic E-state index is 0.0563. The Morgan fingerprint density at radius 1 is 1.18 bits per heavy atom. The van der Waals surface area contributed by atoms with E-state index >= 15 is 0 Å². The number of pyridine rings is 1. The zero-order valence-electron chi connectivity index (χ0n) is 21.7. The first-order valence-electron chi connectivity index (χ1n) is 12.8. The first-order valence-corrected chi connectivity index (χ1v) is 12.8. The van der Waals surface area contributed by atoms with E-state index in [1.54, 1.807) is 18.2 Å². The molecule has 3 aromatic rings. The van der Waals surface area contributed by atoms with Crippen LogP contribution < -0.4 is 4.74 Å². The van der Waals surface area contributed by atoms with Gasteiger partial charge in [0.2, 0.25) is 5.82 Å². The van der Waals surface area contributed by atoms with Gasteiger partial charge in [0.1, 0.15) is 17.4 Å². The summed E-state index contributed by atoms with van der Waals surface area (Å²) in [5, 5.41) is 0. The van der Waals surface area contributed by atoms with Crippen LogP contribution in [0, 0.1) is 11.7 Å². The molecule has 2 aromatic heterocycles. The molecule has 0 amide bonds. The van der Waals surface area contributed by atoms with Crippen LogP contribution >= 0.6 is 0 Å². The van der Waals surface area contributed by atoms with E-state index in [1.807, 2.05) is 13.8 Å². The number of carbonyl (C=O) groups excluding carboxylic acids is 1. The Kier molecular flexibility index (Phi) is 7.13. The molecule has 0 N–H and O–H groups in total. The van der Waals surface area contributed by atoms with E-state index in [2.05, 4.69) is 9.97 Å². The van der Waals surface area contributed by atoms with Crippen molar-refractivity contribution in [3.8, 4) is 11.6 Å². The van der Waals surface area contributed by atoms with Gasteiger partial charge in [-0.05, 0) is 62.9 Å². The Balaban J connectivity index is 1.54. The van der Waals surface area contributed by atoms with Crippen LogP contribution in [-0.4, -0.2) is 45.9 Å². The molecular weight excluding hydrogens is 518 g/mol. The number of hydrogen-bond donors (Lipinski definition) is 0. The molecule has 1 saturated carbocycles. The summed E-state index contributed by atoms with van der Waals surface area (Å²) in [6.45, 7) is 3.93. The van der Waals surface area contributed by atoms with E-state index in [9.17, 15) is 22.4 Å². The number of imidazole rings is 1. The summed E-state index contributed by atoms with van der Waals surface area (Å²) in [6, 6.07) is 9.10. The molecule has 39 heavy (non-hydrogen) atoms. The molecule has 1 aliphatic carbocycles. The van der Waals surface area contributed by atoms with Gasteiger partial charge in [-0.25, -0.2) is 14.4 Å². The zero-order chi connectivity index (χ0) is 27.9. The minimum atomic E-state index is -4.66. The highest BCUT2D eigenvalue weighted by Gasteiger charge is 2.57. The quantitative estimate of drug-likeness (QED) is 0.286. The third-order valence-corrected chi connectivity index (χ3v) is 7.51. The molecule has 2 aliphatic rings. The summed E-state index contributed by atoms with van der Waals surface area (Å²) in [4.78, 5) is 20.8. The van der Waals surface area contributed by atoms with Gasteiger partial charge in [0, 0.05) is 24.2 Å². The van der Waals surface area contributed by atoms with Crippen LogP contribution in [0.1, 0.15) is 62.0 Å². The molecule has 5 rings (SSSR count). The van der Waals surface area contributed by atoms with Crippen LogP contribution in [0.25, 0.3) is 5.82 Å². The third kappa shape index (κ3) is 5.11. The fraction of sp³-hybridized carbons (Fsp3) is 0.464. The van der Waals surface area contributed by atoms with Gasteiger partial charge in [0.15, 0.2) is 0 Å². The molecule has 0 bridgehead atoms. The Labute approximate surface area is 223 Å². The first kappa shape index (κ1) is 27.1. The molecule has 4 atom stereocenters. The van der Waals surface area contributed by atoms with E-state index in [-0.39, 0.29) is 36.2 Å². The first-order chi connectivity index (χ1) is 18.5. The normalized spacial score (nSPS) is 25.0.